The summed E-state index contributed by atoms with van der Waals surface area (Å²) < 4.78 is 0. The van der Waals surface area contributed by atoms with Gasteiger partial charge in [-0.25, -0.2) is 0 Å². The Balaban J connectivity index is 1.74. The first-order chi connectivity index (χ1) is 11.1. The molecule has 0 atom stereocenters. The quantitative estimate of drug-likeness (QED) is 0.834. The lowest BCUT2D eigenvalue weighted by molar-refractivity contribution is -0.120. The number of hydrogen-bond donors (Lipinski definition) is 2. The third kappa shape index (κ3) is 5.58. The van der Waals surface area contributed by atoms with Gasteiger partial charge in [-0.2, -0.15) is 0 Å². The van der Waals surface area contributed by atoms with E-state index in [1.165, 1.54) is 0 Å². The summed E-state index contributed by atoms with van der Waals surface area (Å²) >= 11 is 11.9. The van der Waals surface area contributed by atoms with Gasteiger partial charge in [-0.15, -0.1) is 0 Å². The minimum absolute atomic E-state index is 0.121. The molecule has 0 bridgehead atoms. The lowest BCUT2D eigenvalue weighted by Crippen LogP contribution is -2.28. The summed E-state index contributed by atoms with van der Waals surface area (Å²) in [6.45, 7) is 0.260. The molecule has 23 heavy (non-hydrogen) atoms. The van der Waals surface area contributed by atoms with Gasteiger partial charge in [-0.1, -0.05) is 59.6 Å². The Labute approximate surface area is 144 Å². The molecule has 2 aromatic carbocycles. The number of halogens is 2. The van der Waals surface area contributed by atoms with Crippen LogP contribution in [0, 0.1) is 0 Å². The fourth-order valence-corrected chi connectivity index (χ4v) is 2.32. The number of nitrogens with one attached hydrogen (secondary N) is 2. The van der Waals surface area contributed by atoms with Gasteiger partial charge in [-0.3, -0.25) is 9.59 Å². The Bertz CT molecular complexity index is 690. The van der Waals surface area contributed by atoms with Gasteiger partial charge >= 0.3 is 0 Å². The second kappa shape index (κ2) is 8.56. The number of hydrogen-bond acceptors (Lipinski definition) is 2. The average Bonchev–Trinajstić information content (AvgIpc) is 2.53. The highest BCUT2D eigenvalue weighted by Gasteiger charge is 2.09. The predicted molar refractivity (Wildman–Crippen MR) is 92.9 cm³/mol. The molecule has 0 radical (unpaired) electrons. The molecule has 0 heterocycles. The van der Waals surface area contributed by atoms with Crippen LogP contribution in [0.3, 0.4) is 0 Å². The molecule has 2 rings (SSSR count). The Morgan fingerprint density at radius 3 is 2.39 bits per heavy atom. The van der Waals surface area contributed by atoms with Gasteiger partial charge in [0.2, 0.25) is 11.8 Å². The summed E-state index contributed by atoms with van der Waals surface area (Å²) in [7, 11) is 0. The van der Waals surface area contributed by atoms with Crippen molar-refractivity contribution in [1.82, 2.24) is 5.32 Å². The van der Waals surface area contributed by atoms with E-state index in [0.29, 0.717) is 22.2 Å². The molecule has 2 N–H and O–H groups in total. The van der Waals surface area contributed by atoms with Gasteiger partial charge in [0.1, 0.15) is 0 Å². The first kappa shape index (κ1) is 17.3. The smallest absolute Gasteiger partial charge is 0.226 e. The number of rotatable bonds is 6. The summed E-state index contributed by atoms with van der Waals surface area (Å²) in [5.74, 6) is -0.362. The standard InChI is InChI=1S/C17H16Cl2N2O2/c18-13-7-4-8-14(17(13)19)21-15(22)9-10-20-16(23)11-12-5-2-1-3-6-12/h1-8H,9-11H2,(H,20,23)(H,21,22). The average molecular weight is 351 g/mol. The fourth-order valence-electron chi connectivity index (χ4n) is 1.97. The van der Waals surface area contributed by atoms with Crippen LogP contribution in [-0.4, -0.2) is 18.4 Å². The number of carbonyl (C=O) groups is 2. The molecule has 0 saturated carbocycles. The van der Waals surface area contributed by atoms with E-state index < -0.39 is 0 Å². The predicted octanol–water partition coefficient (Wildman–Crippen LogP) is 3.68. The van der Waals surface area contributed by atoms with Gasteiger partial charge in [-0.05, 0) is 17.7 Å². The van der Waals surface area contributed by atoms with Crippen LogP contribution in [0.15, 0.2) is 48.5 Å². The first-order valence-electron chi connectivity index (χ1n) is 7.11. The van der Waals surface area contributed by atoms with Gasteiger partial charge in [0, 0.05) is 13.0 Å². The second-order valence-electron chi connectivity index (χ2n) is 4.91. The molecule has 120 valence electrons. The highest BCUT2D eigenvalue weighted by molar-refractivity contribution is 6.43. The minimum Gasteiger partial charge on any atom is -0.355 e. The van der Waals surface area contributed by atoms with Gasteiger partial charge in [0.25, 0.3) is 0 Å². The van der Waals surface area contributed by atoms with Gasteiger partial charge in [0.05, 0.1) is 22.2 Å². The van der Waals surface area contributed by atoms with Crippen LogP contribution in [0.25, 0.3) is 0 Å². The maximum Gasteiger partial charge on any atom is 0.226 e. The third-order valence-corrected chi connectivity index (χ3v) is 3.93. The molecule has 6 heteroatoms. The van der Waals surface area contributed by atoms with Crippen molar-refractivity contribution in [3.63, 3.8) is 0 Å². The van der Waals surface area contributed by atoms with Gasteiger partial charge in [0.15, 0.2) is 0 Å². The molecule has 2 amide bonds. The lowest BCUT2D eigenvalue weighted by Gasteiger charge is -2.09. The molecule has 2 aromatic rings. The Hall–Kier alpha value is -2.04. The maximum absolute atomic E-state index is 11.9. The lowest BCUT2D eigenvalue weighted by atomic mass is 10.1. The van der Waals surface area contributed by atoms with Gasteiger partial charge < -0.3 is 10.6 Å². The molecule has 0 spiro atoms. The van der Waals surface area contributed by atoms with Crippen molar-refractivity contribution in [2.24, 2.45) is 0 Å². The number of carbonyl (C=O) groups excluding carboxylic acids is 2. The SMILES string of the molecule is O=C(Cc1ccccc1)NCCC(=O)Nc1cccc(Cl)c1Cl. The molecule has 0 aromatic heterocycles. The third-order valence-electron chi connectivity index (χ3n) is 3.11. The Morgan fingerprint density at radius 1 is 0.913 bits per heavy atom. The van der Waals surface area contributed by atoms with E-state index in [0.717, 1.165) is 5.56 Å². The zero-order chi connectivity index (χ0) is 16.7. The molecular formula is C17H16Cl2N2O2. The Kier molecular flexibility index (Phi) is 6.44. The monoisotopic (exact) mass is 350 g/mol. The Morgan fingerprint density at radius 2 is 1.65 bits per heavy atom. The van der Waals surface area contributed by atoms with Crippen LogP contribution in [0.1, 0.15) is 12.0 Å². The number of anilines is 1. The van der Waals surface area contributed by atoms with E-state index in [9.17, 15) is 9.59 Å². The zero-order valence-corrected chi connectivity index (χ0v) is 13.8. The van der Waals surface area contributed by atoms with Crippen LogP contribution in [0.2, 0.25) is 10.0 Å². The second-order valence-corrected chi connectivity index (χ2v) is 5.70. The van der Waals surface area contributed by atoms with Crippen molar-refractivity contribution in [1.29, 1.82) is 0 Å². The summed E-state index contributed by atoms with van der Waals surface area (Å²) in [6, 6.07) is 14.4. The summed E-state index contributed by atoms with van der Waals surface area (Å²) in [4.78, 5) is 23.6. The molecule has 0 aliphatic carbocycles. The largest absolute Gasteiger partial charge is 0.355 e. The first-order valence-corrected chi connectivity index (χ1v) is 7.86. The minimum atomic E-state index is -0.242. The number of amides is 2. The van der Waals surface area contributed by atoms with Crippen molar-refractivity contribution in [2.45, 2.75) is 12.8 Å². The highest BCUT2D eigenvalue weighted by Crippen LogP contribution is 2.29. The normalized spacial score (nSPS) is 10.2. The molecule has 0 saturated heterocycles. The van der Waals surface area contributed by atoms with E-state index in [4.69, 9.17) is 23.2 Å². The van der Waals surface area contributed by atoms with E-state index in [-0.39, 0.29) is 24.8 Å². The number of benzene rings is 2. The van der Waals surface area contributed by atoms with E-state index in [1.54, 1.807) is 18.2 Å². The molecule has 0 aliphatic heterocycles. The van der Waals surface area contributed by atoms with E-state index >= 15 is 0 Å². The van der Waals surface area contributed by atoms with Crippen molar-refractivity contribution in [2.75, 3.05) is 11.9 Å². The molecule has 0 fully saturated rings. The summed E-state index contributed by atoms with van der Waals surface area (Å²) in [5.41, 5.74) is 1.39. The van der Waals surface area contributed by atoms with Crippen molar-refractivity contribution in [3.8, 4) is 0 Å². The van der Waals surface area contributed by atoms with Crippen LogP contribution >= 0.6 is 23.2 Å². The van der Waals surface area contributed by atoms with E-state index in [1.807, 2.05) is 30.3 Å². The van der Waals surface area contributed by atoms with Crippen LogP contribution in [0.4, 0.5) is 5.69 Å². The fraction of sp³-hybridized carbons (Fsp3) is 0.176. The van der Waals surface area contributed by atoms with Crippen molar-refractivity contribution >= 4 is 40.7 Å². The van der Waals surface area contributed by atoms with E-state index in [2.05, 4.69) is 10.6 Å². The van der Waals surface area contributed by atoms with Crippen molar-refractivity contribution in [3.05, 3.63) is 64.1 Å². The molecule has 4 nitrogen and oxygen atoms in total. The summed E-state index contributed by atoms with van der Waals surface area (Å²) in [6.07, 6.45) is 0.450. The highest BCUT2D eigenvalue weighted by atomic mass is 35.5. The summed E-state index contributed by atoms with van der Waals surface area (Å²) in [5, 5.41) is 6.06. The topological polar surface area (TPSA) is 58.2 Å². The van der Waals surface area contributed by atoms with Crippen LogP contribution in [-0.2, 0) is 16.0 Å². The molecule has 0 unspecified atom stereocenters. The zero-order valence-electron chi connectivity index (χ0n) is 12.3. The van der Waals surface area contributed by atoms with Crippen molar-refractivity contribution < 1.29 is 9.59 Å². The molecule has 0 aliphatic rings. The van der Waals surface area contributed by atoms with Crippen LogP contribution in [0.5, 0.6) is 0 Å². The maximum atomic E-state index is 11.9. The molecular weight excluding hydrogens is 335 g/mol. The van der Waals surface area contributed by atoms with Crippen LogP contribution < -0.4 is 10.6 Å².